The van der Waals surface area contributed by atoms with E-state index in [9.17, 15) is 22.8 Å². The zero-order chi connectivity index (χ0) is 24.6. The van der Waals surface area contributed by atoms with Crippen LogP contribution in [-0.2, 0) is 20.5 Å². The maximum atomic E-state index is 13.2. The minimum Gasteiger partial charge on any atom is -0.452 e. The van der Waals surface area contributed by atoms with Crippen LogP contribution in [0.5, 0.6) is 0 Å². The monoisotopic (exact) mass is 530 g/mol. The Hall–Kier alpha value is -3.72. The van der Waals surface area contributed by atoms with E-state index in [-0.39, 0.29) is 5.69 Å². The van der Waals surface area contributed by atoms with Gasteiger partial charge < -0.3 is 4.74 Å². The number of hydrogen-bond acceptors (Lipinski definition) is 4. The predicted molar refractivity (Wildman–Crippen MR) is 127 cm³/mol. The smallest absolute Gasteiger partial charge is 0.416 e. The number of anilines is 1. The Bertz CT molecular complexity index is 1210. The summed E-state index contributed by atoms with van der Waals surface area (Å²) in [6.07, 6.45) is -0.614. The highest BCUT2D eigenvalue weighted by molar-refractivity contribution is 9.10. The Morgan fingerprint density at radius 1 is 0.941 bits per heavy atom. The van der Waals surface area contributed by atoms with Gasteiger partial charge in [-0.25, -0.2) is 4.79 Å². The second kappa shape index (κ2) is 11.4. The predicted octanol–water partition coefficient (Wildman–Crippen LogP) is 6.09. The Kier molecular flexibility index (Phi) is 8.37. The molecule has 0 aliphatic rings. The van der Waals surface area contributed by atoms with E-state index in [4.69, 9.17) is 4.74 Å². The summed E-state index contributed by atoms with van der Waals surface area (Å²) in [5.74, 6) is -1.61. The number of alkyl halides is 3. The van der Waals surface area contributed by atoms with Crippen LogP contribution in [-0.4, -0.2) is 24.7 Å². The number of hydrazone groups is 1. The topological polar surface area (TPSA) is 59.0 Å². The molecule has 0 aliphatic heterocycles. The molecule has 0 aliphatic carbocycles. The first kappa shape index (κ1) is 24.9. The third-order valence-corrected chi connectivity index (χ3v) is 4.87. The molecule has 0 aromatic heterocycles. The van der Waals surface area contributed by atoms with Crippen LogP contribution in [0, 0.1) is 0 Å². The molecule has 174 valence electrons. The summed E-state index contributed by atoms with van der Waals surface area (Å²) < 4.78 is 45.3. The molecule has 9 heteroatoms. The van der Waals surface area contributed by atoms with Crippen molar-refractivity contribution in [3.63, 3.8) is 0 Å². The molecule has 34 heavy (non-hydrogen) atoms. The molecule has 3 aromatic carbocycles. The van der Waals surface area contributed by atoms with E-state index >= 15 is 0 Å². The highest BCUT2D eigenvalue weighted by Gasteiger charge is 2.31. The van der Waals surface area contributed by atoms with Crippen molar-refractivity contribution < 1.29 is 27.5 Å². The van der Waals surface area contributed by atoms with Gasteiger partial charge in [-0.2, -0.15) is 23.3 Å². The number of ether oxygens (including phenoxy) is 1. The second-order valence-corrected chi connectivity index (χ2v) is 7.82. The van der Waals surface area contributed by atoms with E-state index in [1.807, 2.05) is 6.07 Å². The molecule has 0 saturated heterocycles. The van der Waals surface area contributed by atoms with Crippen molar-refractivity contribution >= 4 is 45.8 Å². The van der Waals surface area contributed by atoms with Gasteiger partial charge in [-0.15, -0.1) is 0 Å². The van der Waals surface area contributed by atoms with E-state index in [0.29, 0.717) is 5.56 Å². The van der Waals surface area contributed by atoms with Gasteiger partial charge in [-0.05, 0) is 47.5 Å². The number of nitrogens with zero attached hydrogens (tertiary/aromatic N) is 2. The first-order valence-corrected chi connectivity index (χ1v) is 10.7. The van der Waals surface area contributed by atoms with Gasteiger partial charge in [0.25, 0.3) is 5.91 Å². The standard InChI is InChI=1S/C25H18BrF3N2O3/c26-21-10-4-8-18(14-21)12-13-24(33)34-17-23(32)31(30-16-19-6-2-1-3-7-19)22-11-5-9-20(15-22)25(27,28)29/h1-16H,17H2/b13-12+,30-16+. The van der Waals surface area contributed by atoms with E-state index in [2.05, 4.69) is 21.0 Å². The van der Waals surface area contributed by atoms with Crippen molar-refractivity contribution in [2.45, 2.75) is 6.18 Å². The number of benzene rings is 3. The molecule has 0 radical (unpaired) electrons. The lowest BCUT2D eigenvalue weighted by atomic mass is 10.2. The Balaban J connectivity index is 1.76. The van der Waals surface area contributed by atoms with Gasteiger partial charge in [-0.1, -0.05) is 64.5 Å². The average Bonchev–Trinajstić information content (AvgIpc) is 2.82. The summed E-state index contributed by atoms with van der Waals surface area (Å²) in [6, 6.07) is 20.0. The number of amides is 1. The summed E-state index contributed by atoms with van der Waals surface area (Å²) in [7, 11) is 0. The van der Waals surface area contributed by atoms with E-state index < -0.39 is 30.2 Å². The summed E-state index contributed by atoms with van der Waals surface area (Å²) in [6.45, 7) is -0.718. The molecule has 1 amide bonds. The zero-order valence-electron chi connectivity index (χ0n) is 17.6. The molecule has 0 bridgehead atoms. The molecule has 0 heterocycles. The fourth-order valence-electron chi connectivity index (χ4n) is 2.77. The largest absolute Gasteiger partial charge is 0.452 e. The van der Waals surface area contributed by atoms with E-state index in [1.165, 1.54) is 24.4 Å². The van der Waals surface area contributed by atoms with Gasteiger partial charge in [0.2, 0.25) is 0 Å². The molecule has 5 nitrogen and oxygen atoms in total. The third kappa shape index (κ3) is 7.41. The Morgan fingerprint density at radius 2 is 1.65 bits per heavy atom. The minimum atomic E-state index is -4.60. The quantitative estimate of drug-likeness (QED) is 0.161. The average molecular weight is 531 g/mol. The summed E-state index contributed by atoms with van der Waals surface area (Å²) >= 11 is 3.32. The number of halogens is 4. The highest BCUT2D eigenvalue weighted by atomic mass is 79.9. The number of rotatable bonds is 7. The van der Waals surface area contributed by atoms with Crippen molar-refractivity contribution in [3.8, 4) is 0 Å². The van der Waals surface area contributed by atoms with Crippen LogP contribution in [0.1, 0.15) is 16.7 Å². The van der Waals surface area contributed by atoms with Gasteiger partial charge in [0.15, 0.2) is 6.61 Å². The number of carbonyl (C=O) groups excluding carboxylic acids is 2. The van der Waals surface area contributed by atoms with Crippen LogP contribution in [0.4, 0.5) is 18.9 Å². The molecule has 0 N–H and O–H groups in total. The minimum absolute atomic E-state index is 0.118. The molecule has 0 saturated carbocycles. The molecular weight excluding hydrogens is 513 g/mol. The molecule has 3 rings (SSSR count). The molecule has 0 atom stereocenters. The SMILES string of the molecule is O=C(/C=C/c1cccc(Br)c1)OCC(=O)N(/N=C/c1ccccc1)c1cccc(C(F)(F)F)c1. The van der Waals surface area contributed by atoms with Crippen LogP contribution in [0.25, 0.3) is 6.08 Å². The molecule has 3 aromatic rings. The van der Waals surface area contributed by atoms with Crippen molar-refractivity contribution in [1.82, 2.24) is 0 Å². The molecule has 0 unspecified atom stereocenters. The Labute approximate surface area is 202 Å². The number of carbonyl (C=O) groups is 2. The van der Waals surface area contributed by atoms with Crippen LogP contribution in [0.15, 0.2) is 94.5 Å². The Morgan fingerprint density at radius 3 is 2.35 bits per heavy atom. The normalized spacial score (nSPS) is 11.6. The summed E-state index contributed by atoms with van der Waals surface area (Å²) in [5.41, 5.74) is 0.302. The zero-order valence-corrected chi connectivity index (χ0v) is 19.2. The number of hydrogen-bond donors (Lipinski definition) is 0. The van der Waals surface area contributed by atoms with Crippen LogP contribution >= 0.6 is 15.9 Å². The van der Waals surface area contributed by atoms with E-state index in [0.717, 1.165) is 33.3 Å². The molecular formula is C25H18BrF3N2O3. The van der Waals surface area contributed by atoms with Crippen molar-refractivity contribution in [2.75, 3.05) is 11.6 Å². The van der Waals surface area contributed by atoms with Gasteiger partial charge in [0, 0.05) is 10.5 Å². The number of esters is 1. The summed E-state index contributed by atoms with van der Waals surface area (Å²) in [4.78, 5) is 24.8. The maximum Gasteiger partial charge on any atom is 0.416 e. The lowest BCUT2D eigenvalue weighted by Gasteiger charge is -2.18. The van der Waals surface area contributed by atoms with Crippen LogP contribution in [0.2, 0.25) is 0 Å². The van der Waals surface area contributed by atoms with Crippen molar-refractivity contribution in [3.05, 3.63) is 106 Å². The van der Waals surface area contributed by atoms with Gasteiger partial charge in [0.1, 0.15) is 0 Å². The van der Waals surface area contributed by atoms with Crippen LogP contribution in [0.3, 0.4) is 0 Å². The summed E-state index contributed by atoms with van der Waals surface area (Å²) in [5, 5.41) is 4.82. The van der Waals surface area contributed by atoms with E-state index in [1.54, 1.807) is 48.5 Å². The van der Waals surface area contributed by atoms with Gasteiger partial charge in [0.05, 0.1) is 17.5 Å². The maximum absolute atomic E-state index is 13.2. The fraction of sp³-hybridized carbons (Fsp3) is 0.0800. The van der Waals surface area contributed by atoms with Crippen molar-refractivity contribution in [1.29, 1.82) is 0 Å². The molecule has 0 spiro atoms. The van der Waals surface area contributed by atoms with Crippen LogP contribution < -0.4 is 5.01 Å². The third-order valence-electron chi connectivity index (χ3n) is 4.37. The second-order valence-electron chi connectivity index (χ2n) is 6.90. The highest BCUT2D eigenvalue weighted by Crippen LogP contribution is 2.31. The first-order valence-electron chi connectivity index (χ1n) is 9.92. The van der Waals surface area contributed by atoms with Gasteiger partial charge in [-0.3, -0.25) is 4.79 Å². The van der Waals surface area contributed by atoms with Gasteiger partial charge >= 0.3 is 12.1 Å². The molecule has 0 fully saturated rings. The lowest BCUT2D eigenvalue weighted by molar-refractivity contribution is -0.142. The fourth-order valence-corrected chi connectivity index (χ4v) is 3.19. The van der Waals surface area contributed by atoms with Crippen molar-refractivity contribution in [2.24, 2.45) is 5.10 Å². The first-order chi connectivity index (χ1) is 16.2. The lowest BCUT2D eigenvalue weighted by Crippen LogP contribution is -2.30.